The molecule has 0 bridgehead atoms. The van der Waals surface area contributed by atoms with Crippen LogP contribution in [0, 0.1) is 6.92 Å². The summed E-state index contributed by atoms with van der Waals surface area (Å²) in [5.74, 6) is 3.06. The molecule has 9 heteroatoms. The SMILES string of the molecule is COc1ccc(OC)c([C@H]2CC(=O)C3=C(C2)Nc2onc(C)c2[C@@H]3c2cc(OC)c(OC)cc2OC)c1. The average molecular weight is 507 g/mol. The normalized spacial score (nSPS) is 18.5. The monoisotopic (exact) mass is 506 g/mol. The van der Waals surface area contributed by atoms with Crippen molar-refractivity contribution in [2.24, 2.45) is 0 Å². The van der Waals surface area contributed by atoms with Gasteiger partial charge in [-0.15, -0.1) is 0 Å². The van der Waals surface area contributed by atoms with Crippen LogP contribution < -0.4 is 29.0 Å². The van der Waals surface area contributed by atoms with E-state index in [2.05, 4.69) is 10.5 Å². The number of carbonyl (C=O) groups is 1. The first-order valence-electron chi connectivity index (χ1n) is 11.9. The van der Waals surface area contributed by atoms with E-state index in [4.69, 9.17) is 28.2 Å². The number of Topliss-reactive ketones (excluding diaryl/α,β-unsaturated/α-hetero) is 1. The summed E-state index contributed by atoms with van der Waals surface area (Å²) in [6.45, 7) is 1.87. The van der Waals surface area contributed by atoms with Gasteiger partial charge in [0.15, 0.2) is 17.3 Å². The number of benzene rings is 2. The molecule has 0 fully saturated rings. The molecule has 2 aliphatic rings. The van der Waals surface area contributed by atoms with Crippen molar-refractivity contribution in [1.82, 2.24) is 5.16 Å². The van der Waals surface area contributed by atoms with E-state index in [9.17, 15) is 4.79 Å². The molecule has 2 aromatic carbocycles. The van der Waals surface area contributed by atoms with E-state index in [1.54, 1.807) is 41.6 Å². The second-order valence-electron chi connectivity index (χ2n) is 9.05. The number of methoxy groups -OCH3 is 5. The van der Waals surface area contributed by atoms with Gasteiger partial charge in [-0.05, 0) is 37.6 Å². The number of ether oxygens (including phenoxy) is 5. The molecular weight excluding hydrogens is 476 g/mol. The molecule has 1 aromatic heterocycles. The van der Waals surface area contributed by atoms with Gasteiger partial charge in [0.05, 0.1) is 52.7 Å². The Bertz CT molecular complexity index is 1390. The lowest BCUT2D eigenvalue weighted by molar-refractivity contribution is -0.116. The molecular formula is C28H30N2O7. The molecule has 0 saturated carbocycles. The summed E-state index contributed by atoms with van der Waals surface area (Å²) in [4.78, 5) is 14.0. The highest BCUT2D eigenvalue weighted by Gasteiger charge is 2.43. The minimum atomic E-state index is -0.451. The van der Waals surface area contributed by atoms with Crippen molar-refractivity contribution in [2.75, 3.05) is 40.9 Å². The number of rotatable bonds is 7. The van der Waals surface area contributed by atoms with Gasteiger partial charge in [0, 0.05) is 40.8 Å². The van der Waals surface area contributed by atoms with Crippen LogP contribution in [0.25, 0.3) is 0 Å². The Hall–Kier alpha value is -4.14. The Labute approximate surface area is 215 Å². The predicted molar refractivity (Wildman–Crippen MR) is 136 cm³/mol. The second-order valence-corrected chi connectivity index (χ2v) is 9.05. The molecule has 0 unspecified atom stereocenters. The van der Waals surface area contributed by atoms with Gasteiger partial charge < -0.3 is 33.5 Å². The van der Waals surface area contributed by atoms with Crippen molar-refractivity contribution in [3.8, 4) is 28.7 Å². The smallest absolute Gasteiger partial charge is 0.233 e. The standard InChI is InChI=1S/C28H30N2O7/c1-14-25-26(18-12-23(35-5)24(36-6)13-22(18)34-4)27-19(29-28(25)37-30-14)9-15(10-20(27)31)17-11-16(32-2)7-8-21(17)33-3/h7-8,11-13,15,26,29H,9-10H2,1-6H3/t15-,26+/m1/s1. The van der Waals surface area contributed by atoms with E-state index in [-0.39, 0.29) is 11.7 Å². The van der Waals surface area contributed by atoms with E-state index in [1.165, 1.54) is 0 Å². The summed E-state index contributed by atoms with van der Waals surface area (Å²) < 4.78 is 33.6. The maximum Gasteiger partial charge on any atom is 0.233 e. The van der Waals surface area contributed by atoms with Crippen LogP contribution in [0.1, 0.15) is 47.1 Å². The highest BCUT2D eigenvalue weighted by Crippen LogP contribution is 2.53. The quantitative estimate of drug-likeness (QED) is 0.475. The molecule has 0 amide bonds. The Morgan fingerprint density at radius 2 is 1.54 bits per heavy atom. The van der Waals surface area contributed by atoms with Crippen LogP contribution in [-0.4, -0.2) is 46.5 Å². The zero-order valence-electron chi connectivity index (χ0n) is 21.8. The first-order valence-corrected chi connectivity index (χ1v) is 11.9. The second kappa shape index (κ2) is 9.72. The first-order chi connectivity index (χ1) is 17.9. The number of fused-ring (bicyclic) bond motifs is 1. The molecule has 1 aliphatic heterocycles. The number of nitrogens with zero attached hydrogens (tertiary/aromatic N) is 1. The van der Waals surface area contributed by atoms with Crippen LogP contribution in [0.15, 0.2) is 46.1 Å². The van der Waals surface area contributed by atoms with Crippen molar-refractivity contribution < 1.29 is 33.0 Å². The van der Waals surface area contributed by atoms with Crippen LogP contribution in [0.3, 0.4) is 0 Å². The van der Waals surface area contributed by atoms with Crippen molar-refractivity contribution in [1.29, 1.82) is 0 Å². The lowest BCUT2D eigenvalue weighted by atomic mass is 9.72. The fraction of sp³-hybridized carbons (Fsp3) is 0.357. The summed E-state index contributed by atoms with van der Waals surface area (Å²) in [6.07, 6.45) is 0.895. The molecule has 9 nitrogen and oxygen atoms in total. The van der Waals surface area contributed by atoms with Crippen molar-refractivity contribution in [3.63, 3.8) is 0 Å². The molecule has 1 N–H and O–H groups in total. The topological polar surface area (TPSA) is 101 Å². The van der Waals surface area contributed by atoms with Crippen LogP contribution in [-0.2, 0) is 4.79 Å². The van der Waals surface area contributed by atoms with Crippen molar-refractivity contribution >= 4 is 11.7 Å². The fourth-order valence-electron chi connectivity index (χ4n) is 5.44. The Balaban J connectivity index is 1.67. The van der Waals surface area contributed by atoms with Crippen LogP contribution in [0.5, 0.6) is 28.7 Å². The molecule has 0 saturated heterocycles. The van der Waals surface area contributed by atoms with Gasteiger partial charge >= 0.3 is 0 Å². The van der Waals surface area contributed by atoms with Gasteiger partial charge in [0.25, 0.3) is 0 Å². The van der Waals surface area contributed by atoms with E-state index >= 15 is 0 Å². The number of hydrogen-bond donors (Lipinski definition) is 1. The number of nitrogens with one attached hydrogen (secondary N) is 1. The summed E-state index contributed by atoms with van der Waals surface area (Å²) in [5, 5.41) is 7.57. The Kier molecular flexibility index (Phi) is 6.45. The molecule has 3 aromatic rings. The molecule has 194 valence electrons. The molecule has 5 rings (SSSR count). The highest BCUT2D eigenvalue weighted by molar-refractivity contribution is 6.02. The molecule has 2 atom stereocenters. The zero-order valence-corrected chi connectivity index (χ0v) is 21.8. The Morgan fingerprint density at radius 3 is 2.22 bits per heavy atom. The lowest BCUT2D eigenvalue weighted by Gasteiger charge is -2.35. The van der Waals surface area contributed by atoms with E-state index in [1.807, 2.05) is 31.2 Å². The largest absolute Gasteiger partial charge is 0.497 e. The summed E-state index contributed by atoms with van der Waals surface area (Å²) in [5.41, 5.74) is 4.64. The van der Waals surface area contributed by atoms with Crippen molar-refractivity contribution in [3.05, 3.63) is 64.0 Å². The highest BCUT2D eigenvalue weighted by atomic mass is 16.5. The Morgan fingerprint density at radius 1 is 0.838 bits per heavy atom. The molecule has 37 heavy (non-hydrogen) atoms. The summed E-state index contributed by atoms with van der Waals surface area (Å²) in [6, 6.07) is 9.28. The van der Waals surface area contributed by atoms with Gasteiger partial charge in [0.2, 0.25) is 5.88 Å². The van der Waals surface area contributed by atoms with Crippen molar-refractivity contribution in [2.45, 2.75) is 31.6 Å². The molecule has 2 heterocycles. The third-order valence-electron chi connectivity index (χ3n) is 7.18. The van der Waals surface area contributed by atoms with E-state index in [0.29, 0.717) is 58.7 Å². The van der Waals surface area contributed by atoms with Gasteiger partial charge in [0.1, 0.15) is 17.2 Å². The maximum atomic E-state index is 14.0. The number of hydrogen-bond acceptors (Lipinski definition) is 9. The third-order valence-corrected chi connectivity index (χ3v) is 7.18. The summed E-state index contributed by atoms with van der Waals surface area (Å²) in [7, 11) is 7.99. The number of aromatic nitrogens is 1. The van der Waals surface area contributed by atoms with Gasteiger partial charge in [-0.3, -0.25) is 4.79 Å². The summed E-state index contributed by atoms with van der Waals surface area (Å²) >= 11 is 0. The van der Waals surface area contributed by atoms with E-state index < -0.39 is 5.92 Å². The minimum absolute atomic E-state index is 0.0247. The number of carbonyl (C=O) groups excluding carboxylic acids is 1. The zero-order chi connectivity index (χ0) is 26.3. The predicted octanol–water partition coefficient (Wildman–Crippen LogP) is 4.98. The average Bonchev–Trinajstić information content (AvgIpc) is 3.30. The number of aryl methyl sites for hydroxylation is 1. The van der Waals surface area contributed by atoms with E-state index in [0.717, 1.165) is 22.4 Å². The number of allylic oxidation sites excluding steroid dienone is 2. The van der Waals surface area contributed by atoms with Crippen LogP contribution >= 0.6 is 0 Å². The minimum Gasteiger partial charge on any atom is -0.497 e. The first kappa shape index (κ1) is 24.5. The van der Waals surface area contributed by atoms with Gasteiger partial charge in [-0.2, -0.15) is 0 Å². The van der Waals surface area contributed by atoms with Gasteiger partial charge in [-0.25, -0.2) is 0 Å². The third kappa shape index (κ3) is 4.04. The molecule has 0 spiro atoms. The van der Waals surface area contributed by atoms with Crippen LogP contribution in [0.4, 0.5) is 5.88 Å². The maximum absolute atomic E-state index is 14.0. The number of ketones is 1. The lowest BCUT2D eigenvalue weighted by Crippen LogP contribution is -2.30. The number of anilines is 1. The van der Waals surface area contributed by atoms with Gasteiger partial charge in [-0.1, -0.05) is 5.16 Å². The molecule has 0 radical (unpaired) electrons. The van der Waals surface area contributed by atoms with Crippen LogP contribution in [0.2, 0.25) is 0 Å². The molecule has 1 aliphatic carbocycles. The fourth-order valence-corrected chi connectivity index (χ4v) is 5.44.